The third-order valence-corrected chi connectivity index (χ3v) is 7.72. The van der Waals surface area contributed by atoms with Gasteiger partial charge in [0, 0.05) is 19.6 Å². The molecule has 1 aromatic heterocycles. The number of nitrogens with two attached hydrogens (primary N) is 1. The summed E-state index contributed by atoms with van der Waals surface area (Å²) in [6.45, 7) is 0.129. The molecule has 3 aliphatic rings. The highest BCUT2D eigenvalue weighted by atomic mass is 19.4. The number of urea groups is 1. The first-order valence-electron chi connectivity index (χ1n) is 11.3. The average molecular weight is 500 g/mol. The van der Waals surface area contributed by atoms with Crippen molar-refractivity contribution < 1.29 is 27.9 Å². The lowest BCUT2D eigenvalue weighted by Crippen LogP contribution is -2.65. The second-order valence-electron chi connectivity index (χ2n) is 9.78. The third-order valence-electron chi connectivity index (χ3n) is 7.72. The number of aromatic hydroxyl groups is 1. The van der Waals surface area contributed by atoms with Crippen LogP contribution < -0.4 is 17.0 Å². The number of carbonyl (C=O) groups excluding carboxylic acids is 2. The van der Waals surface area contributed by atoms with Gasteiger partial charge in [0.25, 0.3) is 11.5 Å². The van der Waals surface area contributed by atoms with Gasteiger partial charge in [0.05, 0.1) is 0 Å². The van der Waals surface area contributed by atoms with Crippen LogP contribution >= 0.6 is 0 Å². The molecule has 3 amide bonds. The fraction of sp³-hybridized carbons (Fsp3) is 0.667. The summed E-state index contributed by atoms with van der Waals surface area (Å²) in [5.74, 6) is -1.99. The van der Waals surface area contributed by atoms with Gasteiger partial charge in [-0.15, -0.1) is 0 Å². The zero-order valence-corrected chi connectivity index (χ0v) is 19.3. The molecule has 0 aromatic carbocycles. The van der Waals surface area contributed by atoms with Gasteiger partial charge >= 0.3 is 17.9 Å². The van der Waals surface area contributed by atoms with Crippen molar-refractivity contribution in [2.75, 3.05) is 13.6 Å². The zero-order chi connectivity index (χ0) is 26.1. The average Bonchev–Trinajstić information content (AvgIpc) is 2.90. The second kappa shape index (κ2) is 7.85. The maximum atomic E-state index is 13.1. The molecule has 0 unspecified atom stereocenters. The molecule has 4 rings (SSSR count). The number of amides is 3. The maximum absolute atomic E-state index is 13.1. The SMILES string of the molecule is CCn1c(O)c(C(=N)N)c(=O)n(C2CCC3(CC2)CC2(C3)C(=O)N(C)C(=O)N2CC(F)(F)F)c1=O. The van der Waals surface area contributed by atoms with E-state index in [0.717, 1.165) is 14.0 Å². The number of imide groups is 1. The van der Waals surface area contributed by atoms with E-state index < -0.39 is 70.2 Å². The highest BCUT2D eigenvalue weighted by molar-refractivity contribution is 6.07. The van der Waals surface area contributed by atoms with Gasteiger partial charge in [0.1, 0.15) is 23.5 Å². The van der Waals surface area contributed by atoms with E-state index in [9.17, 15) is 37.5 Å². The highest BCUT2D eigenvalue weighted by Gasteiger charge is 2.69. The molecule has 0 bridgehead atoms. The first-order valence-corrected chi connectivity index (χ1v) is 11.3. The van der Waals surface area contributed by atoms with Crippen LogP contribution in [0.3, 0.4) is 0 Å². The summed E-state index contributed by atoms with van der Waals surface area (Å²) < 4.78 is 41.3. The summed E-state index contributed by atoms with van der Waals surface area (Å²) in [6, 6.07) is -1.54. The Hall–Kier alpha value is -3.32. The van der Waals surface area contributed by atoms with Crippen molar-refractivity contribution in [1.29, 1.82) is 5.41 Å². The Morgan fingerprint density at radius 2 is 1.74 bits per heavy atom. The molecule has 1 aromatic rings. The number of nitrogens with zero attached hydrogens (tertiary/aromatic N) is 4. The standard InChI is InChI=1S/C21H27F3N6O5/c1-3-28-14(31)12(13(25)26)15(32)30(18(28)35)11-4-6-19(7-5-11)8-20(9-19)16(33)27(2)17(34)29(20)10-21(22,23)24/h11,31H,3-10H2,1-2H3,(H3,25,26). The number of nitrogens with one attached hydrogen (secondary N) is 1. The number of alkyl halides is 3. The minimum absolute atomic E-state index is 0.0447. The number of carbonyl (C=O) groups is 2. The summed E-state index contributed by atoms with van der Waals surface area (Å²) in [5.41, 5.74) is 1.38. The molecule has 192 valence electrons. The van der Waals surface area contributed by atoms with Crippen molar-refractivity contribution in [3.63, 3.8) is 0 Å². The molecule has 0 atom stereocenters. The molecular weight excluding hydrogens is 473 g/mol. The molecule has 14 heteroatoms. The van der Waals surface area contributed by atoms with Gasteiger partial charge in [-0.2, -0.15) is 13.2 Å². The Labute approximate surface area is 197 Å². The van der Waals surface area contributed by atoms with E-state index in [2.05, 4.69) is 0 Å². The smallest absolute Gasteiger partial charge is 0.406 e. The van der Waals surface area contributed by atoms with Gasteiger partial charge in [-0.25, -0.2) is 9.59 Å². The first-order chi connectivity index (χ1) is 16.2. The van der Waals surface area contributed by atoms with Crippen molar-refractivity contribution in [1.82, 2.24) is 18.9 Å². The topological polar surface area (TPSA) is 155 Å². The fourth-order valence-corrected chi connectivity index (χ4v) is 6.14. The predicted molar refractivity (Wildman–Crippen MR) is 116 cm³/mol. The zero-order valence-electron chi connectivity index (χ0n) is 19.3. The summed E-state index contributed by atoms with van der Waals surface area (Å²) in [5, 5.41) is 17.9. The number of hydrogen-bond donors (Lipinski definition) is 3. The van der Waals surface area contributed by atoms with E-state index in [1.54, 1.807) is 6.92 Å². The van der Waals surface area contributed by atoms with E-state index in [-0.39, 0.29) is 19.4 Å². The number of amidine groups is 1. The molecule has 0 radical (unpaired) electrons. The molecule has 2 saturated carbocycles. The van der Waals surface area contributed by atoms with Crippen LogP contribution in [0.4, 0.5) is 18.0 Å². The lowest BCUT2D eigenvalue weighted by atomic mass is 9.51. The van der Waals surface area contributed by atoms with Crippen molar-refractivity contribution in [2.24, 2.45) is 11.1 Å². The summed E-state index contributed by atoms with van der Waals surface area (Å²) in [4.78, 5) is 52.3. The van der Waals surface area contributed by atoms with Gasteiger partial charge in [-0.1, -0.05) is 0 Å². The molecule has 2 aliphatic carbocycles. The summed E-state index contributed by atoms with van der Waals surface area (Å²) in [7, 11) is 1.17. The van der Waals surface area contributed by atoms with Crippen molar-refractivity contribution in [3.8, 4) is 5.88 Å². The Balaban J connectivity index is 1.58. The van der Waals surface area contributed by atoms with E-state index in [4.69, 9.17) is 11.1 Å². The van der Waals surface area contributed by atoms with Crippen LogP contribution in [0.1, 0.15) is 57.1 Å². The Morgan fingerprint density at radius 3 is 2.23 bits per heavy atom. The van der Waals surface area contributed by atoms with E-state index >= 15 is 0 Å². The number of likely N-dealkylation sites (N-methyl/N-ethyl adjacent to an activating group) is 1. The van der Waals surface area contributed by atoms with Crippen molar-refractivity contribution >= 4 is 17.8 Å². The van der Waals surface area contributed by atoms with Gasteiger partial charge in [-0.05, 0) is 50.9 Å². The first kappa shape index (κ1) is 24.8. The second-order valence-corrected chi connectivity index (χ2v) is 9.78. The van der Waals surface area contributed by atoms with E-state index in [0.29, 0.717) is 30.6 Å². The Kier molecular flexibility index (Phi) is 5.56. The number of hydrogen-bond acceptors (Lipinski definition) is 6. The van der Waals surface area contributed by atoms with E-state index in [1.165, 1.54) is 7.05 Å². The van der Waals surface area contributed by atoms with Gasteiger partial charge in [-0.3, -0.25) is 29.0 Å². The van der Waals surface area contributed by atoms with Crippen LogP contribution in [0.2, 0.25) is 0 Å². The van der Waals surface area contributed by atoms with Crippen LogP contribution in [0.25, 0.3) is 0 Å². The third kappa shape index (κ3) is 3.60. The number of rotatable bonds is 4. The Bertz CT molecular complexity index is 1220. The highest BCUT2D eigenvalue weighted by Crippen LogP contribution is 2.62. The van der Waals surface area contributed by atoms with Crippen molar-refractivity contribution in [3.05, 3.63) is 26.4 Å². The maximum Gasteiger partial charge on any atom is 0.406 e. The molecular formula is C21H27F3N6O5. The molecule has 2 spiro atoms. The molecule has 1 aliphatic heterocycles. The van der Waals surface area contributed by atoms with Crippen LogP contribution in [-0.2, 0) is 11.3 Å². The number of aromatic nitrogens is 2. The van der Waals surface area contributed by atoms with Crippen LogP contribution in [0.15, 0.2) is 9.59 Å². The minimum Gasteiger partial charge on any atom is -0.494 e. The van der Waals surface area contributed by atoms with Crippen LogP contribution in [0, 0.1) is 10.8 Å². The van der Waals surface area contributed by atoms with Crippen LogP contribution in [-0.4, -0.2) is 67.1 Å². The Morgan fingerprint density at radius 1 is 1.17 bits per heavy atom. The quantitative estimate of drug-likeness (QED) is 0.320. The summed E-state index contributed by atoms with van der Waals surface area (Å²) in [6.07, 6.45) is -2.97. The normalized spacial score (nSPS) is 28.8. The predicted octanol–water partition coefficient (Wildman–Crippen LogP) is 1.11. The van der Waals surface area contributed by atoms with Crippen molar-refractivity contribution in [2.45, 2.75) is 69.8 Å². The monoisotopic (exact) mass is 500 g/mol. The van der Waals surface area contributed by atoms with E-state index in [1.807, 2.05) is 0 Å². The van der Waals surface area contributed by atoms with Crippen LogP contribution in [0.5, 0.6) is 5.88 Å². The largest absolute Gasteiger partial charge is 0.494 e. The van der Waals surface area contributed by atoms with Gasteiger partial charge < -0.3 is 15.7 Å². The lowest BCUT2D eigenvalue weighted by molar-refractivity contribution is -0.173. The van der Waals surface area contributed by atoms with Gasteiger partial charge in [0.15, 0.2) is 0 Å². The number of nitrogen functional groups attached to an aromatic ring is 1. The molecule has 1 saturated heterocycles. The molecule has 3 fully saturated rings. The molecule has 11 nitrogen and oxygen atoms in total. The number of halogens is 3. The fourth-order valence-electron chi connectivity index (χ4n) is 6.14. The lowest BCUT2D eigenvalue weighted by Gasteiger charge is -2.58. The molecule has 2 heterocycles. The minimum atomic E-state index is -4.65. The molecule has 4 N–H and O–H groups in total. The molecule has 35 heavy (non-hydrogen) atoms. The van der Waals surface area contributed by atoms with Gasteiger partial charge in [0.2, 0.25) is 5.88 Å². The summed E-state index contributed by atoms with van der Waals surface area (Å²) >= 11 is 0.